The summed E-state index contributed by atoms with van der Waals surface area (Å²) >= 11 is -1.11. The Labute approximate surface area is 149 Å². The van der Waals surface area contributed by atoms with Crippen molar-refractivity contribution in [2.24, 2.45) is 5.92 Å². The molecule has 25 heavy (non-hydrogen) atoms. The fourth-order valence-corrected chi connectivity index (χ4v) is 2.56. The summed E-state index contributed by atoms with van der Waals surface area (Å²) in [6.07, 6.45) is 1.92. The van der Waals surface area contributed by atoms with Gasteiger partial charge in [0.15, 0.2) is 4.90 Å². The third kappa shape index (κ3) is 7.90. The van der Waals surface area contributed by atoms with Crippen molar-refractivity contribution in [2.75, 3.05) is 18.1 Å². The third-order valence-corrected chi connectivity index (χ3v) is 4.12. The van der Waals surface area contributed by atoms with E-state index in [1.807, 2.05) is 13.8 Å². The van der Waals surface area contributed by atoms with Crippen LogP contribution >= 0.6 is 0 Å². The molecule has 0 saturated heterocycles. The molecule has 0 spiro atoms. The molecule has 2 atom stereocenters. The van der Waals surface area contributed by atoms with E-state index in [1.54, 1.807) is 30.5 Å². The predicted octanol–water partition coefficient (Wildman–Crippen LogP) is 1.16. The maximum Gasteiger partial charge on any atom is 0.322 e. The van der Waals surface area contributed by atoms with Crippen LogP contribution in [0, 0.1) is 5.92 Å². The van der Waals surface area contributed by atoms with Crippen molar-refractivity contribution >= 4 is 34.8 Å². The number of aliphatic carboxylic acids is 1. The van der Waals surface area contributed by atoms with Gasteiger partial charge in [-0.15, -0.1) is 0 Å². The Hall–Kier alpha value is -2.26. The lowest BCUT2D eigenvalue weighted by Gasteiger charge is -2.20. The van der Waals surface area contributed by atoms with Crippen LogP contribution in [0.15, 0.2) is 29.2 Å². The Kier molecular flexibility index (Phi) is 8.23. The van der Waals surface area contributed by atoms with Crippen LogP contribution in [-0.4, -0.2) is 46.4 Å². The molecule has 9 heteroatoms. The standard InChI is InChI=1S/C16H23N3O5S/c1-10(2)8-13(15(22)17-9-14(20)21)19-16(23)18-11-4-6-12(7-5-11)25(3)24/h4-7,10,13H,8-9H2,1-3H3,(H,17,22)(H,20,21)(H2,18,19,23)/t13-,25?/m0/s1. The van der Waals surface area contributed by atoms with Crippen molar-refractivity contribution < 1.29 is 24.0 Å². The van der Waals surface area contributed by atoms with Crippen LogP contribution in [0.5, 0.6) is 0 Å². The molecule has 8 nitrogen and oxygen atoms in total. The first-order chi connectivity index (χ1) is 11.7. The normalized spacial score (nSPS) is 13.0. The Bertz CT molecular complexity index is 604. The highest BCUT2D eigenvalue weighted by Gasteiger charge is 2.22. The summed E-state index contributed by atoms with van der Waals surface area (Å²) in [4.78, 5) is 35.3. The summed E-state index contributed by atoms with van der Waals surface area (Å²) in [6, 6.07) is 5.06. The number of carbonyl (C=O) groups is 3. The zero-order valence-corrected chi connectivity index (χ0v) is 15.2. The van der Waals surface area contributed by atoms with Crippen LogP contribution < -0.4 is 16.0 Å². The fraction of sp³-hybridized carbons (Fsp3) is 0.438. The SMILES string of the molecule is CC(C)C[C@H](NC(=O)Nc1ccc([S+](C)[O-])cc1)C(=O)NCC(=O)O. The molecule has 1 rings (SSSR count). The zero-order chi connectivity index (χ0) is 19.0. The van der Waals surface area contributed by atoms with E-state index >= 15 is 0 Å². The van der Waals surface area contributed by atoms with Gasteiger partial charge in [0.1, 0.15) is 18.8 Å². The Morgan fingerprint density at radius 3 is 2.28 bits per heavy atom. The molecule has 0 aliphatic carbocycles. The molecular weight excluding hydrogens is 346 g/mol. The number of amides is 3. The molecule has 4 N–H and O–H groups in total. The molecule has 0 aliphatic rings. The molecule has 3 amide bonds. The van der Waals surface area contributed by atoms with Crippen LogP contribution in [-0.2, 0) is 20.8 Å². The van der Waals surface area contributed by atoms with Gasteiger partial charge in [0.2, 0.25) is 5.91 Å². The van der Waals surface area contributed by atoms with Gasteiger partial charge in [0.05, 0.1) is 0 Å². The Morgan fingerprint density at radius 2 is 1.80 bits per heavy atom. The second-order valence-electron chi connectivity index (χ2n) is 5.87. The smallest absolute Gasteiger partial charge is 0.322 e. The van der Waals surface area contributed by atoms with E-state index in [0.29, 0.717) is 17.0 Å². The van der Waals surface area contributed by atoms with E-state index in [-0.39, 0.29) is 5.92 Å². The summed E-state index contributed by atoms with van der Waals surface area (Å²) in [5.41, 5.74) is 0.487. The highest BCUT2D eigenvalue weighted by atomic mass is 32.2. The topological polar surface area (TPSA) is 131 Å². The van der Waals surface area contributed by atoms with Crippen LogP contribution in [0.1, 0.15) is 20.3 Å². The number of hydrogen-bond donors (Lipinski definition) is 4. The van der Waals surface area contributed by atoms with Gasteiger partial charge >= 0.3 is 12.0 Å². The van der Waals surface area contributed by atoms with Crippen LogP contribution in [0.4, 0.5) is 10.5 Å². The number of carbonyl (C=O) groups excluding carboxylic acids is 2. The van der Waals surface area contributed by atoms with Crippen LogP contribution in [0.25, 0.3) is 0 Å². The molecule has 138 valence electrons. The minimum Gasteiger partial charge on any atom is -0.612 e. The summed E-state index contributed by atoms with van der Waals surface area (Å²) < 4.78 is 11.3. The van der Waals surface area contributed by atoms with Gasteiger partial charge in [0, 0.05) is 5.69 Å². The second kappa shape index (κ2) is 9.90. The van der Waals surface area contributed by atoms with Gasteiger partial charge in [-0.05, 0) is 47.8 Å². The van der Waals surface area contributed by atoms with E-state index in [4.69, 9.17) is 5.11 Å². The summed E-state index contributed by atoms with van der Waals surface area (Å²) in [6.45, 7) is 3.27. The average Bonchev–Trinajstić information content (AvgIpc) is 2.51. The molecule has 1 unspecified atom stereocenters. The number of carboxylic acid groups (broad SMARTS) is 1. The van der Waals surface area contributed by atoms with Gasteiger partial charge < -0.3 is 25.6 Å². The maximum absolute atomic E-state index is 12.1. The lowest BCUT2D eigenvalue weighted by atomic mass is 10.0. The first kappa shape index (κ1) is 20.8. The molecule has 0 bridgehead atoms. The second-order valence-corrected chi connectivity index (χ2v) is 7.25. The molecule has 0 aromatic heterocycles. The van der Waals surface area contributed by atoms with Crippen molar-refractivity contribution in [3.8, 4) is 0 Å². The summed E-state index contributed by atoms with van der Waals surface area (Å²) in [5, 5.41) is 16.0. The lowest BCUT2D eigenvalue weighted by Crippen LogP contribution is -2.49. The van der Waals surface area contributed by atoms with Gasteiger partial charge in [0.25, 0.3) is 0 Å². The number of benzene rings is 1. The number of hydrogen-bond acceptors (Lipinski definition) is 4. The monoisotopic (exact) mass is 369 g/mol. The van der Waals surface area contributed by atoms with Gasteiger partial charge in [-0.2, -0.15) is 0 Å². The van der Waals surface area contributed by atoms with Gasteiger partial charge in [-0.1, -0.05) is 13.8 Å². The van der Waals surface area contributed by atoms with Crippen molar-refractivity contribution in [1.82, 2.24) is 10.6 Å². The van der Waals surface area contributed by atoms with Crippen LogP contribution in [0.3, 0.4) is 0 Å². The Morgan fingerprint density at radius 1 is 1.20 bits per heavy atom. The highest BCUT2D eigenvalue weighted by Crippen LogP contribution is 2.14. The van der Waals surface area contributed by atoms with Crippen molar-refractivity contribution in [2.45, 2.75) is 31.2 Å². The lowest BCUT2D eigenvalue weighted by molar-refractivity contribution is -0.138. The van der Waals surface area contributed by atoms with E-state index in [0.717, 1.165) is 0 Å². The zero-order valence-electron chi connectivity index (χ0n) is 14.4. The van der Waals surface area contributed by atoms with E-state index in [9.17, 15) is 18.9 Å². The molecule has 1 aromatic carbocycles. The molecule has 0 saturated carbocycles. The minimum atomic E-state index is -1.16. The van der Waals surface area contributed by atoms with Crippen LogP contribution in [0.2, 0.25) is 0 Å². The Balaban J connectivity index is 2.67. The largest absolute Gasteiger partial charge is 0.612 e. The summed E-state index contributed by atoms with van der Waals surface area (Å²) in [7, 11) is 0. The van der Waals surface area contributed by atoms with Crippen molar-refractivity contribution in [1.29, 1.82) is 0 Å². The highest BCUT2D eigenvalue weighted by molar-refractivity contribution is 7.90. The molecular formula is C16H23N3O5S. The maximum atomic E-state index is 12.1. The van der Waals surface area contributed by atoms with Crippen molar-refractivity contribution in [3.63, 3.8) is 0 Å². The third-order valence-electron chi connectivity index (χ3n) is 3.19. The number of anilines is 1. The minimum absolute atomic E-state index is 0.125. The molecule has 0 aliphatic heterocycles. The molecule has 0 fully saturated rings. The van der Waals surface area contributed by atoms with Gasteiger partial charge in [-0.25, -0.2) is 4.79 Å². The predicted molar refractivity (Wildman–Crippen MR) is 94.8 cm³/mol. The van der Waals surface area contributed by atoms with Gasteiger partial charge in [-0.3, -0.25) is 9.59 Å². The first-order valence-corrected chi connectivity index (χ1v) is 9.25. The average molecular weight is 369 g/mol. The summed E-state index contributed by atoms with van der Waals surface area (Å²) in [5.74, 6) is -1.59. The number of nitrogens with one attached hydrogen (secondary N) is 3. The number of urea groups is 1. The van der Waals surface area contributed by atoms with E-state index in [1.165, 1.54) is 0 Å². The fourth-order valence-electron chi connectivity index (χ4n) is 2.04. The molecule has 1 aromatic rings. The first-order valence-electron chi connectivity index (χ1n) is 7.69. The van der Waals surface area contributed by atoms with Crippen molar-refractivity contribution in [3.05, 3.63) is 24.3 Å². The van der Waals surface area contributed by atoms with E-state index < -0.39 is 41.7 Å². The number of carboxylic acids is 1. The quantitative estimate of drug-likeness (QED) is 0.511. The molecule has 0 radical (unpaired) electrons. The number of rotatable bonds is 8. The van der Waals surface area contributed by atoms with E-state index in [2.05, 4.69) is 16.0 Å². The molecule has 0 heterocycles.